The molecule has 96 valence electrons. The molecule has 0 heterocycles. The van der Waals surface area contributed by atoms with Crippen molar-refractivity contribution >= 4 is 15.7 Å². The third-order valence-electron chi connectivity index (χ3n) is 2.69. The molecule has 0 saturated heterocycles. The van der Waals surface area contributed by atoms with Crippen molar-refractivity contribution in [3.05, 3.63) is 29.3 Å². The van der Waals surface area contributed by atoms with Crippen molar-refractivity contribution in [2.75, 3.05) is 17.6 Å². The quantitative estimate of drug-likeness (QED) is 0.810. The van der Waals surface area contributed by atoms with E-state index in [0.717, 1.165) is 18.5 Å². The first-order valence-electron chi connectivity index (χ1n) is 5.83. The van der Waals surface area contributed by atoms with Crippen molar-refractivity contribution in [2.24, 2.45) is 5.14 Å². The number of rotatable bonds is 6. The molecule has 0 aliphatic heterocycles. The van der Waals surface area contributed by atoms with Crippen molar-refractivity contribution in [3.8, 4) is 0 Å². The molecule has 0 bridgehead atoms. The number of benzene rings is 1. The van der Waals surface area contributed by atoms with Crippen LogP contribution >= 0.6 is 0 Å². The summed E-state index contributed by atoms with van der Waals surface area (Å²) >= 11 is 0. The molecule has 0 atom stereocenters. The van der Waals surface area contributed by atoms with E-state index in [2.05, 4.69) is 31.3 Å². The maximum absolute atomic E-state index is 10.9. The van der Waals surface area contributed by atoms with Gasteiger partial charge < -0.3 is 5.32 Å². The molecule has 0 unspecified atom stereocenters. The predicted molar refractivity (Wildman–Crippen MR) is 71.7 cm³/mol. The molecule has 0 spiro atoms. The van der Waals surface area contributed by atoms with Crippen molar-refractivity contribution in [1.82, 2.24) is 0 Å². The van der Waals surface area contributed by atoms with Crippen LogP contribution in [-0.4, -0.2) is 20.7 Å². The highest BCUT2D eigenvalue weighted by molar-refractivity contribution is 7.89. The number of hydrogen-bond acceptors (Lipinski definition) is 3. The predicted octanol–water partition coefficient (Wildman–Crippen LogP) is 1.51. The SMILES string of the molecule is CCc1cccc(CC)c1NCCS(N)(=O)=O. The lowest BCUT2D eigenvalue weighted by Gasteiger charge is -2.14. The molecule has 0 aromatic heterocycles. The first kappa shape index (κ1) is 14.0. The van der Waals surface area contributed by atoms with Crippen LogP contribution in [0.5, 0.6) is 0 Å². The topological polar surface area (TPSA) is 72.2 Å². The van der Waals surface area contributed by atoms with Crippen LogP contribution in [0.1, 0.15) is 25.0 Å². The normalized spacial score (nSPS) is 11.5. The summed E-state index contributed by atoms with van der Waals surface area (Å²) in [4.78, 5) is 0. The Morgan fingerprint density at radius 1 is 1.18 bits per heavy atom. The summed E-state index contributed by atoms with van der Waals surface area (Å²) in [7, 11) is -3.40. The summed E-state index contributed by atoms with van der Waals surface area (Å²) in [5.41, 5.74) is 3.47. The number of anilines is 1. The fourth-order valence-electron chi connectivity index (χ4n) is 1.79. The maximum Gasteiger partial charge on any atom is 0.210 e. The molecule has 1 rings (SSSR count). The number of nitrogens with two attached hydrogens (primary N) is 1. The Kier molecular flexibility index (Phi) is 4.96. The van der Waals surface area contributed by atoms with Crippen LogP contribution in [0.2, 0.25) is 0 Å². The second-order valence-electron chi connectivity index (χ2n) is 3.95. The average Bonchev–Trinajstić information content (AvgIpc) is 2.27. The standard InChI is InChI=1S/C12H20N2O2S/c1-3-10-6-5-7-11(4-2)12(10)14-8-9-17(13,15)16/h5-7,14H,3-4,8-9H2,1-2H3,(H2,13,15,16). The second kappa shape index (κ2) is 6.02. The van der Waals surface area contributed by atoms with Crippen molar-refractivity contribution in [2.45, 2.75) is 26.7 Å². The smallest absolute Gasteiger partial charge is 0.210 e. The third-order valence-corrected chi connectivity index (χ3v) is 3.46. The summed E-state index contributed by atoms with van der Waals surface area (Å²) in [6.07, 6.45) is 1.84. The van der Waals surface area contributed by atoms with Gasteiger partial charge in [0, 0.05) is 12.2 Å². The molecule has 5 heteroatoms. The zero-order valence-electron chi connectivity index (χ0n) is 10.4. The minimum Gasteiger partial charge on any atom is -0.384 e. The highest BCUT2D eigenvalue weighted by Gasteiger charge is 2.07. The first-order valence-corrected chi connectivity index (χ1v) is 7.54. The number of sulfonamides is 1. The van der Waals surface area contributed by atoms with Crippen LogP contribution in [0.4, 0.5) is 5.69 Å². The van der Waals surface area contributed by atoms with E-state index in [0.29, 0.717) is 6.54 Å². The highest BCUT2D eigenvalue weighted by atomic mass is 32.2. The third kappa shape index (κ3) is 4.36. The van der Waals surface area contributed by atoms with Crippen LogP contribution in [0.3, 0.4) is 0 Å². The molecule has 0 aliphatic rings. The van der Waals surface area contributed by atoms with Crippen LogP contribution in [0, 0.1) is 0 Å². The Morgan fingerprint density at radius 2 is 1.71 bits per heavy atom. The van der Waals surface area contributed by atoms with Gasteiger partial charge in [0.2, 0.25) is 10.0 Å². The minimum atomic E-state index is -3.40. The minimum absolute atomic E-state index is 0.0474. The monoisotopic (exact) mass is 256 g/mol. The number of hydrogen-bond donors (Lipinski definition) is 2. The zero-order valence-corrected chi connectivity index (χ0v) is 11.2. The molecular weight excluding hydrogens is 236 g/mol. The summed E-state index contributed by atoms with van der Waals surface area (Å²) in [5, 5.41) is 8.15. The van der Waals surface area contributed by atoms with Crippen LogP contribution in [0.15, 0.2) is 18.2 Å². The van der Waals surface area contributed by atoms with Crippen molar-refractivity contribution < 1.29 is 8.42 Å². The lowest BCUT2D eigenvalue weighted by Crippen LogP contribution is -2.23. The molecule has 3 N–H and O–H groups in total. The van der Waals surface area contributed by atoms with E-state index in [1.54, 1.807) is 0 Å². The highest BCUT2D eigenvalue weighted by Crippen LogP contribution is 2.22. The van der Waals surface area contributed by atoms with E-state index in [1.807, 2.05) is 6.07 Å². The summed E-state index contributed by atoms with van der Waals surface area (Å²) in [6.45, 7) is 4.52. The molecular formula is C12H20N2O2S. The van der Waals surface area contributed by atoms with Crippen molar-refractivity contribution in [1.29, 1.82) is 0 Å². The van der Waals surface area contributed by atoms with Gasteiger partial charge in [0.15, 0.2) is 0 Å². The van der Waals surface area contributed by atoms with Gasteiger partial charge in [-0.05, 0) is 24.0 Å². The molecule has 0 fully saturated rings. The number of primary sulfonamides is 1. The lowest BCUT2D eigenvalue weighted by atomic mass is 10.0. The van der Waals surface area contributed by atoms with Gasteiger partial charge in [0.05, 0.1) is 5.75 Å². The summed E-state index contributed by atoms with van der Waals surface area (Å²) < 4.78 is 21.7. The van der Waals surface area contributed by atoms with Gasteiger partial charge in [-0.25, -0.2) is 13.6 Å². The molecule has 0 radical (unpaired) electrons. The first-order chi connectivity index (χ1) is 7.98. The van der Waals surface area contributed by atoms with E-state index in [-0.39, 0.29) is 5.75 Å². The van der Waals surface area contributed by atoms with Crippen LogP contribution in [0.25, 0.3) is 0 Å². The van der Waals surface area contributed by atoms with E-state index < -0.39 is 10.0 Å². The Labute approximate surface area is 103 Å². The fraction of sp³-hybridized carbons (Fsp3) is 0.500. The van der Waals surface area contributed by atoms with Crippen LogP contribution in [-0.2, 0) is 22.9 Å². The van der Waals surface area contributed by atoms with Crippen molar-refractivity contribution in [3.63, 3.8) is 0 Å². The van der Waals surface area contributed by atoms with Gasteiger partial charge in [0.25, 0.3) is 0 Å². The average molecular weight is 256 g/mol. The molecule has 1 aromatic carbocycles. The number of para-hydroxylation sites is 1. The molecule has 17 heavy (non-hydrogen) atoms. The van der Waals surface area contributed by atoms with Gasteiger partial charge >= 0.3 is 0 Å². The van der Waals surface area contributed by atoms with Gasteiger partial charge in [-0.2, -0.15) is 0 Å². The van der Waals surface area contributed by atoms with Gasteiger partial charge in [-0.1, -0.05) is 32.0 Å². The molecule has 0 aliphatic carbocycles. The number of aryl methyl sites for hydroxylation is 2. The Balaban J connectivity index is 2.81. The van der Waals surface area contributed by atoms with Gasteiger partial charge in [0.1, 0.15) is 0 Å². The van der Waals surface area contributed by atoms with E-state index >= 15 is 0 Å². The Morgan fingerprint density at radius 3 is 2.12 bits per heavy atom. The summed E-state index contributed by atoms with van der Waals surface area (Å²) in [6, 6.07) is 6.14. The maximum atomic E-state index is 10.9. The zero-order chi connectivity index (χ0) is 12.9. The van der Waals surface area contributed by atoms with Crippen LogP contribution < -0.4 is 10.5 Å². The molecule has 4 nitrogen and oxygen atoms in total. The van der Waals surface area contributed by atoms with Gasteiger partial charge in [-0.3, -0.25) is 0 Å². The molecule has 0 amide bonds. The second-order valence-corrected chi connectivity index (χ2v) is 5.69. The van der Waals surface area contributed by atoms with E-state index in [1.165, 1.54) is 11.1 Å². The van der Waals surface area contributed by atoms with E-state index in [9.17, 15) is 8.42 Å². The Hall–Kier alpha value is -1.07. The molecule has 1 aromatic rings. The Bertz CT molecular complexity index is 447. The molecule has 0 saturated carbocycles. The lowest BCUT2D eigenvalue weighted by molar-refractivity contribution is 0.598. The largest absolute Gasteiger partial charge is 0.384 e. The fourth-order valence-corrected chi connectivity index (χ4v) is 2.17. The van der Waals surface area contributed by atoms with Gasteiger partial charge in [-0.15, -0.1) is 0 Å². The number of nitrogens with one attached hydrogen (secondary N) is 1. The van der Waals surface area contributed by atoms with E-state index in [4.69, 9.17) is 5.14 Å². The summed E-state index contributed by atoms with van der Waals surface area (Å²) in [5.74, 6) is -0.0474.